The molecule has 126 valence electrons. The SMILES string of the molecule is N#C/C(=C\c1cccnc1)C(=O)Nc1ccccc1Oc1ccccc1. The van der Waals surface area contributed by atoms with Crippen molar-refractivity contribution in [2.75, 3.05) is 5.32 Å². The van der Waals surface area contributed by atoms with Gasteiger partial charge < -0.3 is 10.1 Å². The summed E-state index contributed by atoms with van der Waals surface area (Å²) in [7, 11) is 0. The summed E-state index contributed by atoms with van der Waals surface area (Å²) in [6, 6.07) is 21.7. The minimum Gasteiger partial charge on any atom is -0.455 e. The van der Waals surface area contributed by atoms with Crippen molar-refractivity contribution in [3.8, 4) is 17.6 Å². The van der Waals surface area contributed by atoms with Gasteiger partial charge in [0.2, 0.25) is 0 Å². The number of benzene rings is 2. The third kappa shape index (κ3) is 4.34. The molecule has 26 heavy (non-hydrogen) atoms. The Bertz CT molecular complexity index is 961. The summed E-state index contributed by atoms with van der Waals surface area (Å²) in [6.07, 6.45) is 4.70. The van der Waals surface area contributed by atoms with Crippen LogP contribution in [0, 0.1) is 11.3 Å². The molecular weight excluding hydrogens is 326 g/mol. The molecule has 0 atom stereocenters. The molecule has 0 aliphatic heterocycles. The molecule has 2 aromatic carbocycles. The number of carbonyl (C=O) groups is 1. The number of pyridine rings is 1. The van der Waals surface area contributed by atoms with Gasteiger partial charge in [0.1, 0.15) is 17.4 Å². The molecule has 1 N–H and O–H groups in total. The zero-order valence-electron chi connectivity index (χ0n) is 13.8. The quantitative estimate of drug-likeness (QED) is 0.550. The maximum absolute atomic E-state index is 12.5. The van der Waals surface area contributed by atoms with Crippen molar-refractivity contribution in [2.24, 2.45) is 0 Å². The third-order valence-electron chi connectivity index (χ3n) is 3.47. The van der Waals surface area contributed by atoms with Crippen LogP contribution in [0.3, 0.4) is 0 Å². The van der Waals surface area contributed by atoms with Gasteiger partial charge in [0.25, 0.3) is 5.91 Å². The zero-order valence-corrected chi connectivity index (χ0v) is 13.8. The lowest BCUT2D eigenvalue weighted by atomic mass is 10.1. The first-order valence-electron chi connectivity index (χ1n) is 7.91. The van der Waals surface area contributed by atoms with Crippen LogP contribution in [0.1, 0.15) is 5.56 Å². The van der Waals surface area contributed by atoms with E-state index in [1.54, 1.807) is 42.7 Å². The summed E-state index contributed by atoms with van der Waals surface area (Å²) in [5.74, 6) is 0.631. The average molecular weight is 341 g/mol. The van der Waals surface area contributed by atoms with E-state index in [2.05, 4.69) is 10.3 Å². The van der Waals surface area contributed by atoms with Crippen LogP contribution in [0.15, 0.2) is 84.7 Å². The van der Waals surface area contributed by atoms with Crippen LogP contribution in [0.25, 0.3) is 6.08 Å². The molecule has 0 bridgehead atoms. The van der Waals surface area contributed by atoms with Gasteiger partial charge in [0.05, 0.1) is 5.69 Å². The van der Waals surface area contributed by atoms with Gasteiger partial charge in [0, 0.05) is 12.4 Å². The molecule has 1 heterocycles. The number of hydrogen-bond acceptors (Lipinski definition) is 4. The van der Waals surface area contributed by atoms with Crippen LogP contribution in [-0.4, -0.2) is 10.9 Å². The van der Waals surface area contributed by atoms with Crippen molar-refractivity contribution in [3.63, 3.8) is 0 Å². The number of amides is 1. The minimum absolute atomic E-state index is 0.0208. The van der Waals surface area contributed by atoms with Crippen LogP contribution in [0.5, 0.6) is 11.5 Å². The summed E-state index contributed by atoms with van der Waals surface area (Å²) < 4.78 is 5.81. The van der Waals surface area contributed by atoms with E-state index < -0.39 is 5.91 Å². The fraction of sp³-hybridized carbons (Fsp3) is 0. The van der Waals surface area contributed by atoms with Crippen LogP contribution in [-0.2, 0) is 4.79 Å². The summed E-state index contributed by atoms with van der Waals surface area (Å²) in [6.45, 7) is 0. The van der Waals surface area contributed by atoms with Gasteiger partial charge in [-0.25, -0.2) is 0 Å². The highest BCUT2D eigenvalue weighted by Gasteiger charge is 2.13. The summed E-state index contributed by atoms with van der Waals surface area (Å²) in [5, 5.41) is 12.0. The molecule has 0 aliphatic carbocycles. The fourth-order valence-corrected chi connectivity index (χ4v) is 2.24. The van der Waals surface area contributed by atoms with E-state index in [4.69, 9.17) is 4.74 Å². The summed E-state index contributed by atoms with van der Waals surface area (Å²) >= 11 is 0. The Morgan fingerprint density at radius 2 is 1.81 bits per heavy atom. The molecule has 0 spiro atoms. The number of rotatable bonds is 5. The van der Waals surface area contributed by atoms with E-state index in [9.17, 15) is 10.1 Å². The predicted molar refractivity (Wildman–Crippen MR) is 99.4 cm³/mol. The van der Waals surface area contributed by atoms with Crippen LogP contribution in [0.4, 0.5) is 5.69 Å². The molecule has 0 saturated carbocycles. The fourth-order valence-electron chi connectivity index (χ4n) is 2.24. The lowest BCUT2D eigenvalue weighted by molar-refractivity contribution is -0.112. The maximum Gasteiger partial charge on any atom is 0.266 e. The second kappa shape index (κ2) is 8.27. The molecule has 0 aliphatic rings. The molecular formula is C21H15N3O2. The topological polar surface area (TPSA) is 75.0 Å². The monoisotopic (exact) mass is 341 g/mol. The molecule has 0 saturated heterocycles. The Balaban J connectivity index is 1.81. The van der Waals surface area contributed by atoms with Crippen molar-refractivity contribution in [2.45, 2.75) is 0 Å². The van der Waals surface area contributed by atoms with Gasteiger partial charge in [-0.05, 0) is 42.0 Å². The molecule has 1 amide bonds. The van der Waals surface area contributed by atoms with Crippen molar-refractivity contribution in [1.29, 1.82) is 5.26 Å². The lowest BCUT2D eigenvalue weighted by Gasteiger charge is -2.12. The molecule has 0 fully saturated rings. The second-order valence-corrected chi connectivity index (χ2v) is 5.32. The maximum atomic E-state index is 12.5. The van der Waals surface area contributed by atoms with Gasteiger partial charge in [-0.3, -0.25) is 9.78 Å². The first kappa shape index (κ1) is 16.9. The van der Waals surface area contributed by atoms with E-state index in [1.807, 2.05) is 42.5 Å². The van der Waals surface area contributed by atoms with Crippen LogP contribution < -0.4 is 10.1 Å². The van der Waals surface area contributed by atoms with Gasteiger partial charge in [-0.2, -0.15) is 5.26 Å². The number of ether oxygens (including phenoxy) is 1. The average Bonchev–Trinajstić information content (AvgIpc) is 2.69. The number of nitriles is 1. The van der Waals surface area contributed by atoms with E-state index in [0.717, 1.165) is 0 Å². The Hall–Kier alpha value is -3.91. The van der Waals surface area contributed by atoms with Gasteiger partial charge in [0.15, 0.2) is 5.75 Å². The highest BCUT2D eigenvalue weighted by molar-refractivity contribution is 6.10. The van der Waals surface area contributed by atoms with Crippen molar-refractivity contribution in [1.82, 2.24) is 4.98 Å². The largest absolute Gasteiger partial charge is 0.455 e. The number of aromatic nitrogens is 1. The Labute approximate surface area is 151 Å². The molecule has 3 rings (SSSR count). The second-order valence-electron chi connectivity index (χ2n) is 5.32. The van der Waals surface area contributed by atoms with E-state index in [0.29, 0.717) is 22.7 Å². The Kier molecular flexibility index (Phi) is 5.38. The Morgan fingerprint density at radius 1 is 1.04 bits per heavy atom. The first-order chi connectivity index (χ1) is 12.8. The highest BCUT2D eigenvalue weighted by Crippen LogP contribution is 2.29. The van der Waals surface area contributed by atoms with Crippen molar-refractivity contribution in [3.05, 3.63) is 90.3 Å². The van der Waals surface area contributed by atoms with E-state index in [1.165, 1.54) is 6.08 Å². The number of carbonyl (C=O) groups excluding carboxylic acids is 1. The van der Waals surface area contributed by atoms with Crippen molar-refractivity contribution >= 4 is 17.7 Å². The van der Waals surface area contributed by atoms with Gasteiger partial charge in [-0.1, -0.05) is 36.4 Å². The molecule has 5 heteroatoms. The summed E-state index contributed by atoms with van der Waals surface area (Å²) in [4.78, 5) is 16.4. The number of nitrogens with zero attached hydrogens (tertiary/aromatic N) is 2. The molecule has 3 aromatic rings. The predicted octanol–water partition coefficient (Wildman–Crippen LogP) is 4.42. The number of hydrogen-bond donors (Lipinski definition) is 1. The van der Waals surface area contributed by atoms with Crippen LogP contribution in [0.2, 0.25) is 0 Å². The lowest BCUT2D eigenvalue weighted by Crippen LogP contribution is -2.14. The normalized spacial score (nSPS) is 10.7. The van der Waals surface area contributed by atoms with Gasteiger partial charge in [-0.15, -0.1) is 0 Å². The van der Waals surface area contributed by atoms with E-state index in [-0.39, 0.29) is 5.57 Å². The third-order valence-corrected chi connectivity index (χ3v) is 3.47. The van der Waals surface area contributed by atoms with E-state index >= 15 is 0 Å². The molecule has 0 radical (unpaired) electrons. The molecule has 0 unspecified atom stereocenters. The number of anilines is 1. The number of para-hydroxylation sites is 3. The standard InChI is InChI=1S/C21H15N3O2/c22-14-17(13-16-7-6-12-23-15-16)21(25)24-19-10-4-5-11-20(19)26-18-8-2-1-3-9-18/h1-13,15H,(H,24,25)/b17-13+. The minimum atomic E-state index is -0.513. The van der Waals surface area contributed by atoms with Crippen molar-refractivity contribution < 1.29 is 9.53 Å². The van der Waals surface area contributed by atoms with Crippen LogP contribution >= 0.6 is 0 Å². The summed E-state index contributed by atoms with van der Waals surface area (Å²) in [5.41, 5.74) is 1.13. The van der Waals surface area contributed by atoms with Gasteiger partial charge >= 0.3 is 0 Å². The number of nitrogens with one attached hydrogen (secondary N) is 1. The highest BCUT2D eigenvalue weighted by atomic mass is 16.5. The zero-order chi connectivity index (χ0) is 18.2. The molecule has 5 nitrogen and oxygen atoms in total. The first-order valence-corrected chi connectivity index (χ1v) is 7.91. The Morgan fingerprint density at radius 3 is 2.54 bits per heavy atom. The molecule has 1 aromatic heterocycles. The smallest absolute Gasteiger partial charge is 0.266 e.